The molecule has 2 aliphatic rings. The van der Waals surface area contributed by atoms with Gasteiger partial charge in [-0.2, -0.15) is 0 Å². The van der Waals surface area contributed by atoms with Gasteiger partial charge in [0, 0.05) is 0 Å². The molecule has 0 radical (unpaired) electrons. The fourth-order valence-corrected chi connectivity index (χ4v) is 2.97. The van der Waals surface area contributed by atoms with Gasteiger partial charge in [-0.05, 0) is 37.5 Å². The number of hydrogen-bond donors (Lipinski definition) is 1. The Hall–Kier alpha value is -1.32. The second-order valence-corrected chi connectivity index (χ2v) is 4.74. The fraction of sp³-hybridized carbons (Fsp3) is 0.900. The van der Waals surface area contributed by atoms with E-state index in [0.717, 1.165) is 6.42 Å². The number of alkyl halides is 4. The van der Waals surface area contributed by atoms with Crippen molar-refractivity contribution in [2.75, 3.05) is 0 Å². The van der Waals surface area contributed by atoms with Crippen LogP contribution in [-0.4, -0.2) is 17.0 Å². The number of halogens is 4. The molecule has 2 bridgehead atoms. The Balaban J connectivity index is 0.00000128. The van der Waals surface area contributed by atoms with E-state index in [2.05, 4.69) is 0 Å². The molecule has 6 heteroatoms. The van der Waals surface area contributed by atoms with Crippen molar-refractivity contribution in [3.05, 3.63) is 6.10 Å². The van der Waals surface area contributed by atoms with Crippen molar-refractivity contribution in [3.8, 4) is 0 Å². The maximum Gasteiger partial charge on any atom is 0.294 e. The number of aliphatic hydroxyl groups excluding tert-OH is 1. The van der Waals surface area contributed by atoms with Crippen LogP contribution >= 0.6 is 0 Å². The van der Waals surface area contributed by atoms with E-state index in [1.165, 1.54) is 0 Å². The van der Waals surface area contributed by atoms with Gasteiger partial charge in [0.25, 0.3) is 6.18 Å². The van der Waals surface area contributed by atoms with Crippen molar-refractivity contribution in [2.45, 2.75) is 43.9 Å². The second kappa shape index (κ2) is 3.61. The molecule has 3 unspecified atom stereocenters. The van der Waals surface area contributed by atoms with Crippen molar-refractivity contribution in [1.82, 2.24) is 0 Å². The van der Waals surface area contributed by atoms with Gasteiger partial charge >= 0.3 is 0 Å². The largest absolute Gasteiger partial charge is 0.554 e. The van der Waals surface area contributed by atoms with Gasteiger partial charge in [-0.1, -0.05) is 6.10 Å². The maximum atomic E-state index is 14.1. The minimum absolute atomic E-state index is 0. The first-order chi connectivity index (χ1) is 6.81. The minimum Gasteiger partial charge on any atom is -0.554 e. The Morgan fingerprint density at radius 2 is 1.94 bits per heavy atom. The molecule has 0 aromatic rings. The van der Waals surface area contributed by atoms with Gasteiger partial charge in [0.05, 0.1) is 5.67 Å². The molecular formula is C10H13F4ORf-. The van der Waals surface area contributed by atoms with E-state index in [4.69, 9.17) is 5.11 Å². The minimum atomic E-state index is -4.78. The zero-order valence-electron chi connectivity index (χ0n) is 8.86. The van der Waals surface area contributed by atoms with E-state index in [-0.39, 0.29) is 18.3 Å². The van der Waals surface area contributed by atoms with Crippen LogP contribution in [0.4, 0.5) is 17.6 Å². The van der Waals surface area contributed by atoms with Crippen molar-refractivity contribution in [1.29, 1.82) is 0 Å². The van der Waals surface area contributed by atoms with Crippen LogP contribution in [0, 0.1) is 17.9 Å². The zero-order valence-corrected chi connectivity index (χ0v) is 15.3. The standard InChI is InChI=1S/C10H13F4O.Rf/c11-9(5-8(15)10(12,13)14)4-6-1-2-7(9)3-6;/h6-7,15H,1-5H2;/q-1;. The van der Waals surface area contributed by atoms with Crippen molar-refractivity contribution in [2.24, 2.45) is 11.8 Å². The molecule has 0 aromatic carbocycles. The van der Waals surface area contributed by atoms with Gasteiger partial charge in [-0.15, -0.1) is 6.42 Å². The van der Waals surface area contributed by atoms with Gasteiger partial charge in [0.1, 0.15) is 0 Å². The molecule has 16 heavy (non-hydrogen) atoms. The van der Waals surface area contributed by atoms with E-state index in [9.17, 15) is 17.6 Å². The Labute approximate surface area is 85.5 Å². The summed E-state index contributed by atoms with van der Waals surface area (Å²) in [6, 6.07) is 0. The molecule has 0 aromatic heterocycles. The van der Waals surface area contributed by atoms with Crippen LogP contribution in [0.2, 0.25) is 0 Å². The van der Waals surface area contributed by atoms with Crippen molar-refractivity contribution in [3.63, 3.8) is 0 Å². The molecule has 2 aliphatic carbocycles. The van der Waals surface area contributed by atoms with Crippen LogP contribution < -0.4 is 0 Å². The first-order valence-corrected chi connectivity index (χ1v) is 5.12. The van der Waals surface area contributed by atoms with Gasteiger partial charge < -0.3 is 5.11 Å². The van der Waals surface area contributed by atoms with Crippen LogP contribution in [0.5, 0.6) is 0 Å². The Morgan fingerprint density at radius 1 is 1.31 bits per heavy atom. The first kappa shape index (κ1) is 12.7. The molecule has 2 fully saturated rings. The molecule has 0 aliphatic heterocycles. The Kier molecular flexibility index (Phi) is 2.88. The predicted octanol–water partition coefficient (Wildman–Crippen LogP) is 3.37. The molecule has 2 saturated carbocycles. The molecule has 90 valence electrons. The molecule has 3 atom stereocenters. The van der Waals surface area contributed by atoms with Crippen LogP contribution in [0.3, 0.4) is 0 Å². The third kappa shape index (κ3) is 1.96. The topological polar surface area (TPSA) is 20.2 Å². The number of rotatable bonds is 2. The molecule has 2 rings (SSSR count). The number of aliphatic hydroxyl groups is 1. The Morgan fingerprint density at radius 3 is 2.31 bits per heavy atom. The van der Waals surface area contributed by atoms with Gasteiger partial charge in [-0.25, -0.2) is 17.6 Å². The predicted molar refractivity (Wildman–Crippen MR) is 45.1 cm³/mol. The summed E-state index contributed by atoms with van der Waals surface area (Å²) in [5.41, 5.74) is -1.82. The SMILES string of the molecule is O[C-](CC1(F)CC2CCC1C2)C(F)(F)F.[Rf]. The summed E-state index contributed by atoms with van der Waals surface area (Å²) in [5.74, 6) is -0.0620. The van der Waals surface area contributed by atoms with Crippen LogP contribution in [0.15, 0.2) is 0 Å². The molecule has 0 saturated heterocycles. The summed E-state index contributed by atoms with van der Waals surface area (Å²) < 4.78 is 50.3. The van der Waals surface area contributed by atoms with Crippen LogP contribution in [0.25, 0.3) is 0 Å². The average molecular weight is 492 g/mol. The monoisotopic (exact) mass is 492 g/mol. The van der Waals surface area contributed by atoms with E-state index < -0.39 is 24.4 Å². The Bertz CT molecular complexity index is 258. The van der Waals surface area contributed by atoms with Crippen LogP contribution in [-0.2, 0) is 0 Å². The first-order valence-electron chi connectivity index (χ1n) is 5.12. The van der Waals surface area contributed by atoms with E-state index in [0.29, 0.717) is 12.8 Å². The normalized spacial score (nSPS) is 37.9. The van der Waals surface area contributed by atoms with Crippen molar-refractivity contribution < 1.29 is 22.7 Å². The zero-order chi connectivity index (χ0) is 11.3. The number of fused-ring (bicyclic) bond motifs is 2. The molecule has 1 N–H and O–H groups in total. The molecular weight excluding hydrogens is 479 g/mol. The number of hydrogen-bond acceptors (Lipinski definition) is 1. The third-order valence-electron chi connectivity index (χ3n) is 3.69. The summed E-state index contributed by atoms with van der Waals surface area (Å²) >= 11 is 0. The van der Waals surface area contributed by atoms with Gasteiger partial charge in [0.15, 0.2) is 0 Å². The molecule has 0 amide bonds. The second-order valence-electron chi connectivity index (χ2n) is 4.74. The quantitative estimate of drug-likeness (QED) is 0.464. The smallest absolute Gasteiger partial charge is 0.294 e. The van der Waals surface area contributed by atoms with Crippen LogP contribution in [0.1, 0.15) is 32.1 Å². The summed E-state index contributed by atoms with van der Waals surface area (Å²) in [5, 5.41) is 8.79. The third-order valence-corrected chi connectivity index (χ3v) is 3.69. The summed E-state index contributed by atoms with van der Waals surface area (Å²) in [6.07, 6.45) is -4.87. The van der Waals surface area contributed by atoms with E-state index in [1.807, 2.05) is 0 Å². The summed E-state index contributed by atoms with van der Waals surface area (Å²) in [7, 11) is 0. The van der Waals surface area contributed by atoms with Gasteiger partial charge in [-0.3, -0.25) is 0 Å². The van der Waals surface area contributed by atoms with Gasteiger partial charge in [0.2, 0.25) is 0 Å². The van der Waals surface area contributed by atoms with E-state index in [1.54, 1.807) is 0 Å². The molecule has 0 heterocycles. The summed E-state index contributed by atoms with van der Waals surface area (Å²) in [4.78, 5) is 0. The van der Waals surface area contributed by atoms with E-state index >= 15 is 0 Å². The summed E-state index contributed by atoms with van der Waals surface area (Å²) in [6.45, 7) is 0. The molecule has 1 nitrogen and oxygen atoms in total. The maximum absolute atomic E-state index is 14.1. The average Bonchev–Trinajstić information content (AvgIpc) is 2.60. The fourth-order valence-electron chi connectivity index (χ4n) is 2.97. The molecule has 0 spiro atoms. The van der Waals surface area contributed by atoms with Crippen molar-refractivity contribution >= 4 is 0 Å².